The molecule has 10 rings (SSSR count). The minimum absolute atomic E-state index is 0.0292. The number of carbonyl (C=O) groups excluding carboxylic acids is 4. The van der Waals surface area contributed by atoms with Gasteiger partial charge in [0.05, 0.1) is 35.1 Å². The summed E-state index contributed by atoms with van der Waals surface area (Å²) in [5, 5.41) is 2.78. The molecular formula is C58H71AlN14O7. The van der Waals surface area contributed by atoms with Crippen LogP contribution in [0, 0.1) is 0 Å². The number of rotatable bonds is 7. The van der Waals surface area contributed by atoms with Gasteiger partial charge in [-0.05, 0) is 115 Å². The largest absolute Gasteiger partial charge is 0.465 e. The van der Waals surface area contributed by atoms with Crippen LogP contribution < -0.4 is 22.5 Å². The number of likely N-dealkylation sites (tertiary alicyclic amines) is 2. The number of benzene rings is 2. The fourth-order valence-electron chi connectivity index (χ4n) is 8.75. The number of hydrogen-bond donors (Lipinski definition) is 4. The number of methoxy groups -OCH3 is 1. The zero-order valence-electron chi connectivity index (χ0n) is 47.1. The normalized spacial score (nSPS) is 14.9. The molecule has 0 aliphatic carbocycles. The van der Waals surface area contributed by atoms with Gasteiger partial charge >= 0.3 is 18.2 Å². The van der Waals surface area contributed by atoms with E-state index < -0.39 is 17.2 Å². The van der Waals surface area contributed by atoms with Gasteiger partial charge in [-0.15, -0.1) is 17.4 Å². The molecule has 2 aliphatic heterocycles. The summed E-state index contributed by atoms with van der Waals surface area (Å²) in [7, 11) is 1.35. The topological polar surface area (TPSA) is 279 Å². The summed E-state index contributed by atoms with van der Waals surface area (Å²) in [5.41, 5.74) is 22.6. The maximum Gasteiger partial charge on any atom is 0.410 e. The Hall–Kier alpha value is -8.61. The van der Waals surface area contributed by atoms with Gasteiger partial charge in [-0.25, -0.2) is 44.3 Å². The fraction of sp³-hybridized carbons (Fsp3) is 0.345. The molecule has 2 aliphatic rings. The third kappa shape index (κ3) is 15.4. The van der Waals surface area contributed by atoms with Crippen LogP contribution in [0.25, 0.3) is 33.8 Å². The first-order valence-corrected chi connectivity index (χ1v) is 29.9. The van der Waals surface area contributed by atoms with Crippen LogP contribution in [0.3, 0.4) is 0 Å². The van der Waals surface area contributed by atoms with Gasteiger partial charge in [0.15, 0.2) is 0 Å². The van der Waals surface area contributed by atoms with Crippen LogP contribution in [0.15, 0.2) is 122 Å². The first-order chi connectivity index (χ1) is 38.0. The third-order valence-corrected chi connectivity index (χ3v) is 12.2. The highest BCUT2D eigenvalue weighted by Crippen LogP contribution is 2.36. The number of imidazole rings is 2. The molecule has 2 aromatic carbocycles. The Morgan fingerprint density at radius 2 is 1.01 bits per heavy atom. The number of nitrogens with zero attached hydrogens (tertiary/aromatic N) is 10. The summed E-state index contributed by atoms with van der Waals surface area (Å²) < 4.78 is 19.5. The van der Waals surface area contributed by atoms with Gasteiger partial charge in [0.25, 0.3) is 20.1 Å². The van der Waals surface area contributed by atoms with Crippen molar-refractivity contribution < 1.29 is 33.4 Å². The maximum absolute atomic E-state index is 12.6. The number of nitrogens with one attached hydrogen (secondary N) is 1. The van der Waals surface area contributed by atoms with E-state index in [0.29, 0.717) is 72.5 Å². The Morgan fingerprint density at radius 3 is 1.39 bits per heavy atom. The summed E-state index contributed by atoms with van der Waals surface area (Å²) in [6.07, 6.45) is 7.49. The van der Waals surface area contributed by atoms with Crippen molar-refractivity contribution in [2.75, 3.05) is 55.8 Å². The van der Waals surface area contributed by atoms with Crippen molar-refractivity contribution in [1.82, 2.24) is 48.5 Å². The molecule has 7 N–H and O–H groups in total. The second kappa shape index (κ2) is 25.9. The second-order valence-corrected chi connectivity index (χ2v) is 25.3. The molecule has 8 heterocycles. The molecule has 2 unspecified atom stereocenters. The van der Waals surface area contributed by atoms with Gasteiger partial charge in [-0.1, -0.05) is 36.4 Å². The number of amides is 3. The number of ether oxygens (including phenoxy) is 3. The third-order valence-electron chi connectivity index (χ3n) is 12.2. The summed E-state index contributed by atoms with van der Waals surface area (Å²) in [6, 6.07) is 28.6. The molecular weight excluding hydrogens is 1030 g/mol. The average molecular weight is 1100 g/mol. The first-order valence-electron chi connectivity index (χ1n) is 26.4. The maximum atomic E-state index is 12.6. The second-order valence-electron chi connectivity index (χ2n) is 21.8. The highest BCUT2D eigenvalue weighted by molar-refractivity contribution is 6.54. The van der Waals surface area contributed by atoms with E-state index in [9.17, 15) is 19.2 Å². The highest BCUT2D eigenvalue weighted by atomic mass is 27.2. The predicted octanol–water partition coefficient (Wildman–Crippen LogP) is 9.87. The van der Waals surface area contributed by atoms with E-state index in [1.165, 1.54) is 7.11 Å². The Balaban J connectivity index is 0.000000195. The smallest absolute Gasteiger partial charge is 0.410 e. The Bertz CT molecular complexity index is 3400. The Kier molecular flexibility index (Phi) is 19.1. The zero-order valence-corrected chi connectivity index (χ0v) is 48.2. The SMILES string of the molecule is CC(C)(C)OC(=O)N1CCC(c2nc(-c3ccc(C(=O)Nc4ccccn4)cc3)n3c(N)nccc23)C1.COC(=O)c1ccc(-c2nc(C3CCN(C(=O)OC(C)(C)C)C3)c3ccnc(N)n23)cc1.Nc1ccccn1.[CH3][Al]([CH3])[CH3]. The van der Waals surface area contributed by atoms with Gasteiger partial charge in [0, 0.05) is 79.5 Å². The molecule has 0 bridgehead atoms. The van der Waals surface area contributed by atoms with Gasteiger partial charge in [0.1, 0.15) is 34.5 Å². The minimum atomic E-state index is -0.551. The lowest BCUT2D eigenvalue weighted by Gasteiger charge is -2.24. The Labute approximate surface area is 470 Å². The lowest BCUT2D eigenvalue weighted by atomic mass is 10.0. The number of aromatic nitrogens is 8. The number of carbonyl (C=O) groups is 4. The molecule has 0 saturated carbocycles. The zero-order chi connectivity index (χ0) is 57.9. The van der Waals surface area contributed by atoms with E-state index in [-0.39, 0.29) is 44.1 Å². The predicted molar refractivity (Wildman–Crippen MR) is 312 cm³/mol. The molecule has 3 amide bonds. The van der Waals surface area contributed by atoms with Crippen LogP contribution in [-0.2, 0) is 14.2 Å². The summed E-state index contributed by atoms with van der Waals surface area (Å²) in [5.74, 6) is 9.27. The summed E-state index contributed by atoms with van der Waals surface area (Å²) >= 11 is -0.139. The fourth-order valence-corrected chi connectivity index (χ4v) is 8.75. The molecule has 6 aromatic heterocycles. The lowest BCUT2D eigenvalue weighted by Crippen LogP contribution is -2.35. The minimum Gasteiger partial charge on any atom is -0.465 e. The monoisotopic (exact) mass is 1100 g/mol. The molecule has 80 heavy (non-hydrogen) atoms. The van der Waals surface area contributed by atoms with E-state index in [1.807, 2.05) is 88.4 Å². The molecule has 22 heteroatoms. The van der Waals surface area contributed by atoms with Gasteiger partial charge in [-0.2, -0.15) is 0 Å². The molecule has 2 atom stereocenters. The van der Waals surface area contributed by atoms with E-state index in [2.05, 4.69) is 42.6 Å². The van der Waals surface area contributed by atoms with Gasteiger partial charge in [-0.3, -0.25) is 13.6 Å². The van der Waals surface area contributed by atoms with Crippen LogP contribution in [0.5, 0.6) is 0 Å². The van der Waals surface area contributed by atoms with Crippen molar-refractivity contribution >= 4 is 72.8 Å². The molecule has 21 nitrogen and oxygen atoms in total. The average Bonchev–Trinajstić information content (AvgIpc) is 4.44. The standard InChI is InChI=1S/C27H29N7O3.C23H27N5O4.C5H6N2.3CH3.Al/c1-27(2,3)37-26(36)33-15-12-19(16-33)22-20-11-14-30-25(28)34(20)23(32-22)17-7-9-18(10-8-17)24(35)31-21-6-4-5-13-29-21;1-23(2,3)32-22(30)27-12-10-16(13-27)18-17-9-11-25-21(24)28(17)19(26-18)14-5-7-15(8-6-14)20(29)31-4;6-5-3-1-2-4-7-5;;;;/h4-11,13-14,19H,12,15-16H2,1-3H3,(H2,28,30)(H,29,31,35);5-9,11,16H,10,12-13H2,1-4H3,(H2,24,25);1-4H,(H2,6,7);3*1H3;. The van der Waals surface area contributed by atoms with Crippen molar-refractivity contribution in [3.05, 3.63) is 144 Å². The van der Waals surface area contributed by atoms with E-state index in [1.54, 1.807) is 93.6 Å². The van der Waals surface area contributed by atoms with Crippen molar-refractivity contribution in [3.8, 4) is 22.8 Å². The number of esters is 1. The lowest BCUT2D eigenvalue weighted by molar-refractivity contribution is 0.0282. The number of hydrogen-bond acceptors (Lipinski definition) is 16. The number of nitrogen functional groups attached to an aromatic ring is 3. The summed E-state index contributed by atoms with van der Waals surface area (Å²) in [6.45, 7) is 13.4. The van der Waals surface area contributed by atoms with Crippen LogP contribution in [0.4, 0.5) is 33.1 Å². The summed E-state index contributed by atoms with van der Waals surface area (Å²) in [4.78, 5) is 79.2. The molecule has 0 spiro atoms. The van der Waals surface area contributed by atoms with Crippen LogP contribution in [0.2, 0.25) is 17.4 Å². The van der Waals surface area contributed by atoms with Crippen LogP contribution in [-0.4, -0.2) is 131 Å². The number of anilines is 4. The quantitative estimate of drug-likeness (QED) is 0.0656. The number of nitrogens with two attached hydrogens (primary N) is 3. The van der Waals surface area contributed by atoms with Crippen LogP contribution in [0.1, 0.15) is 98.3 Å². The van der Waals surface area contributed by atoms with Crippen molar-refractivity contribution in [1.29, 1.82) is 0 Å². The molecule has 0 radical (unpaired) electrons. The number of pyridine rings is 2. The molecule has 418 valence electrons. The van der Waals surface area contributed by atoms with E-state index in [4.69, 9.17) is 41.4 Å². The van der Waals surface area contributed by atoms with E-state index in [0.717, 1.165) is 46.4 Å². The van der Waals surface area contributed by atoms with Gasteiger partial charge < -0.3 is 46.5 Å². The van der Waals surface area contributed by atoms with Crippen molar-refractivity contribution in [2.24, 2.45) is 0 Å². The highest BCUT2D eigenvalue weighted by Gasteiger charge is 2.35. The molecule has 8 aromatic rings. The van der Waals surface area contributed by atoms with E-state index >= 15 is 0 Å². The Morgan fingerprint density at radius 1 is 0.575 bits per heavy atom. The van der Waals surface area contributed by atoms with Crippen LogP contribution >= 0.6 is 0 Å². The molecule has 2 fully saturated rings. The van der Waals surface area contributed by atoms with Crippen molar-refractivity contribution in [2.45, 2.75) is 94.8 Å². The number of fused-ring (bicyclic) bond motifs is 2. The van der Waals surface area contributed by atoms with Crippen molar-refractivity contribution in [3.63, 3.8) is 0 Å². The first kappa shape index (κ1) is 59.1. The van der Waals surface area contributed by atoms with Gasteiger partial charge in [0.2, 0.25) is 11.9 Å². The molecule has 2 saturated heterocycles.